The van der Waals surface area contributed by atoms with Gasteiger partial charge < -0.3 is 10.1 Å². The zero-order valence-corrected chi connectivity index (χ0v) is 14.0. The Bertz CT molecular complexity index is 802. The van der Waals surface area contributed by atoms with E-state index in [1.165, 1.54) is 4.90 Å². The molecule has 5 nitrogen and oxygen atoms in total. The molecule has 1 spiro atoms. The number of carbonyl (C=O) groups excluding carboxylic acids is 2. The van der Waals surface area contributed by atoms with Crippen molar-refractivity contribution in [1.82, 2.24) is 10.2 Å². The van der Waals surface area contributed by atoms with Gasteiger partial charge in [-0.05, 0) is 35.1 Å². The van der Waals surface area contributed by atoms with Crippen molar-refractivity contribution in [3.63, 3.8) is 0 Å². The fourth-order valence-electron chi connectivity index (χ4n) is 3.22. The third kappa shape index (κ3) is 2.60. The summed E-state index contributed by atoms with van der Waals surface area (Å²) in [6.45, 7) is 0.560. The molecule has 2 aliphatic rings. The van der Waals surface area contributed by atoms with Crippen LogP contribution in [0.1, 0.15) is 6.42 Å². The van der Waals surface area contributed by atoms with E-state index in [0.29, 0.717) is 18.8 Å². The van der Waals surface area contributed by atoms with E-state index in [2.05, 4.69) is 5.32 Å². The number of urea groups is 1. The summed E-state index contributed by atoms with van der Waals surface area (Å²) in [7, 11) is 0. The van der Waals surface area contributed by atoms with Crippen molar-refractivity contribution >= 4 is 34.5 Å². The second-order valence-corrected chi connectivity index (χ2v) is 7.23. The highest BCUT2D eigenvalue weighted by atomic mass is 32.2. The molecule has 2 saturated heterocycles. The SMILES string of the molecule is O=C1N[C@@]2(CCSC2)C(=O)N1CCOc1ccc2ccccc2c1. The number of ether oxygens (including phenoxy) is 1. The minimum atomic E-state index is -0.676. The molecule has 2 aromatic rings. The zero-order chi connectivity index (χ0) is 16.6. The first kappa shape index (κ1) is 15.3. The van der Waals surface area contributed by atoms with Crippen LogP contribution in [0.2, 0.25) is 0 Å². The fraction of sp³-hybridized carbons (Fsp3) is 0.333. The van der Waals surface area contributed by atoms with Crippen LogP contribution in [0.3, 0.4) is 0 Å². The van der Waals surface area contributed by atoms with Crippen molar-refractivity contribution < 1.29 is 14.3 Å². The van der Waals surface area contributed by atoms with Crippen LogP contribution in [0.25, 0.3) is 10.8 Å². The van der Waals surface area contributed by atoms with Gasteiger partial charge in [-0.1, -0.05) is 30.3 Å². The Hall–Kier alpha value is -2.21. The molecule has 3 amide bonds. The molecule has 2 aliphatic heterocycles. The lowest BCUT2D eigenvalue weighted by atomic mass is 9.99. The number of hydrogen-bond acceptors (Lipinski definition) is 4. The number of nitrogens with zero attached hydrogens (tertiary/aromatic N) is 1. The monoisotopic (exact) mass is 342 g/mol. The van der Waals surface area contributed by atoms with Gasteiger partial charge >= 0.3 is 6.03 Å². The molecule has 124 valence electrons. The van der Waals surface area contributed by atoms with Gasteiger partial charge in [0.05, 0.1) is 6.54 Å². The Balaban J connectivity index is 1.39. The van der Waals surface area contributed by atoms with Gasteiger partial charge in [-0.2, -0.15) is 11.8 Å². The molecule has 0 unspecified atom stereocenters. The third-order valence-electron chi connectivity index (χ3n) is 4.57. The summed E-state index contributed by atoms with van der Waals surface area (Å²) < 4.78 is 5.74. The maximum atomic E-state index is 12.5. The number of hydrogen-bond donors (Lipinski definition) is 1. The highest BCUT2D eigenvalue weighted by Gasteiger charge is 2.52. The van der Waals surface area contributed by atoms with Crippen LogP contribution in [0, 0.1) is 0 Å². The number of imide groups is 1. The molecule has 1 N–H and O–H groups in total. The van der Waals surface area contributed by atoms with Crippen molar-refractivity contribution in [2.75, 3.05) is 24.7 Å². The molecule has 24 heavy (non-hydrogen) atoms. The molecule has 2 heterocycles. The standard InChI is InChI=1S/C18H18N2O3S/c21-16-18(7-10-24-12-18)19-17(22)20(16)8-9-23-15-6-5-13-3-1-2-4-14(13)11-15/h1-6,11H,7-10,12H2,(H,19,22)/t18-/m1/s1. The van der Waals surface area contributed by atoms with Crippen LogP contribution >= 0.6 is 11.8 Å². The van der Waals surface area contributed by atoms with Crippen molar-refractivity contribution in [2.24, 2.45) is 0 Å². The molecule has 6 heteroatoms. The minimum Gasteiger partial charge on any atom is -0.492 e. The average Bonchev–Trinajstić information content (AvgIpc) is 3.15. The molecule has 0 bridgehead atoms. The first-order chi connectivity index (χ1) is 11.7. The van der Waals surface area contributed by atoms with Crippen LogP contribution in [0.4, 0.5) is 4.79 Å². The van der Waals surface area contributed by atoms with Crippen molar-refractivity contribution in [2.45, 2.75) is 12.0 Å². The smallest absolute Gasteiger partial charge is 0.325 e. The fourth-order valence-corrected chi connectivity index (χ4v) is 4.55. The van der Waals surface area contributed by atoms with E-state index in [0.717, 1.165) is 22.3 Å². The van der Waals surface area contributed by atoms with Gasteiger partial charge in [0, 0.05) is 5.75 Å². The Morgan fingerprint density at radius 3 is 2.79 bits per heavy atom. The molecular formula is C18H18N2O3S. The van der Waals surface area contributed by atoms with E-state index in [1.807, 2.05) is 42.5 Å². The van der Waals surface area contributed by atoms with E-state index in [1.54, 1.807) is 11.8 Å². The highest BCUT2D eigenvalue weighted by Crippen LogP contribution is 2.33. The van der Waals surface area contributed by atoms with Gasteiger partial charge in [0.15, 0.2) is 0 Å². The van der Waals surface area contributed by atoms with Gasteiger partial charge in [0.1, 0.15) is 17.9 Å². The number of carbonyl (C=O) groups is 2. The van der Waals surface area contributed by atoms with Crippen molar-refractivity contribution in [3.8, 4) is 5.75 Å². The second kappa shape index (κ2) is 6.02. The van der Waals surface area contributed by atoms with Gasteiger partial charge in [0.25, 0.3) is 5.91 Å². The second-order valence-electron chi connectivity index (χ2n) is 6.13. The van der Waals surface area contributed by atoms with Crippen LogP contribution < -0.4 is 10.1 Å². The molecule has 0 aromatic heterocycles. The first-order valence-corrected chi connectivity index (χ1v) is 9.17. The van der Waals surface area contributed by atoms with Crippen LogP contribution in [0.15, 0.2) is 42.5 Å². The average molecular weight is 342 g/mol. The number of benzene rings is 2. The van der Waals surface area contributed by atoms with E-state index in [9.17, 15) is 9.59 Å². The predicted molar refractivity (Wildman–Crippen MR) is 94.4 cm³/mol. The summed E-state index contributed by atoms with van der Waals surface area (Å²) in [5.41, 5.74) is -0.676. The number of nitrogens with one attached hydrogen (secondary N) is 1. The van der Waals surface area contributed by atoms with Gasteiger partial charge in [-0.25, -0.2) is 4.79 Å². The quantitative estimate of drug-likeness (QED) is 0.868. The molecule has 4 rings (SSSR count). The van der Waals surface area contributed by atoms with Crippen molar-refractivity contribution in [3.05, 3.63) is 42.5 Å². The molecule has 0 saturated carbocycles. The molecule has 1 atom stereocenters. The number of fused-ring (bicyclic) bond motifs is 1. The lowest BCUT2D eigenvalue weighted by Crippen LogP contribution is -2.47. The van der Waals surface area contributed by atoms with E-state index >= 15 is 0 Å². The Kier molecular flexibility index (Phi) is 3.84. The topological polar surface area (TPSA) is 58.6 Å². The number of rotatable bonds is 4. The molecule has 0 radical (unpaired) electrons. The van der Waals surface area contributed by atoms with E-state index in [4.69, 9.17) is 4.74 Å². The van der Waals surface area contributed by atoms with Gasteiger partial charge in [0.2, 0.25) is 0 Å². The lowest BCUT2D eigenvalue weighted by molar-refractivity contribution is -0.130. The Labute approximate surface area is 144 Å². The summed E-state index contributed by atoms with van der Waals surface area (Å²) in [5, 5.41) is 5.12. The van der Waals surface area contributed by atoms with Crippen LogP contribution in [-0.2, 0) is 4.79 Å². The number of amides is 3. The summed E-state index contributed by atoms with van der Waals surface area (Å²) in [5.74, 6) is 2.21. The lowest BCUT2D eigenvalue weighted by Gasteiger charge is -2.19. The Morgan fingerprint density at radius 1 is 1.17 bits per heavy atom. The third-order valence-corrected chi connectivity index (χ3v) is 5.76. The minimum absolute atomic E-state index is 0.111. The van der Waals surface area contributed by atoms with Crippen LogP contribution in [0.5, 0.6) is 5.75 Å². The largest absolute Gasteiger partial charge is 0.492 e. The molecular weight excluding hydrogens is 324 g/mol. The van der Waals surface area contributed by atoms with Crippen LogP contribution in [-0.4, -0.2) is 47.0 Å². The molecule has 2 aromatic carbocycles. The zero-order valence-electron chi connectivity index (χ0n) is 13.2. The van der Waals surface area contributed by atoms with Crippen molar-refractivity contribution in [1.29, 1.82) is 0 Å². The first-order valence-electron chi connectivity index (χ1n) is 8.01. The maximum Gasteiger partial charge on any atom is 0.325 e. The highest BCUT2D eigenvalue weighted by molar-refractivity contribution is 7.99. The summed E-state index contributed by atoms with van der Waals surface area (Å²) in [4.78, 5) is 25.9. The predicted octanol–water partition coefficient (Wildman–Crippen LogP) is 2.65. The van der Waals surface area contributed by atoms with E-state index < -0.39 is 5.54 Å². The number of thioether (sulfide) groups is 1. The summed E-state index contributed by atoms with van der Waals surface area (Å²) >= 11 is 1.71. The Morgan fingerprint density at radius 2 is 2.00 bits per heavy atom. The van der Waals surface area contributed by atoms with Gasteiger partial charge in [-0.3, -0.25) is 9.69 Å². The maximum absolute atomic E-state index is 12.5. The summed E-state index contributed by atoms with van der Waals surface area (Å²) in [6.07, 6.45) is 0.713. The van der Waals surface area contributed by atoms with E-state index in [-0.39, 0.29) is 18.5 Å². The summed E-state index contributed by atoms with van der Waals surface area (Å²) in [6, 6.07) is 13.6. The van der Waals surface area contributed by atoms with Gasteiger partial charge in [-0.15, -0.1) is 0 Å². The normalized spacial score (nSPS) is 23.2. The molecule has 0 aliphatic carbocycles. The molecule has 2 fully saturated rings.